The third-order valence-corrected chi connectivity index (χ3v) is 5.08. The smallest absolute Gasteiger partial charge is 0.416 e. The Morgan fingerprint density at radius 3 is 1.93 bits per heavy atom. The largest absolute Gasteiger partial charge is 0.490 e. The molecule has 30 heavy (non-hydrogen) atoms. The van der Waals surface area contributed by atoms with Crippen LogP contribution in [-0.4, -0.2) is 24.2 Å². The molecule has 1 aliphatic rings. The van der Waals surface area contributed by atoms with E-state index in [1.54, 1.807) is 0 Å². The minimum atomic E-state index is -4.90. The molecule has 1 aromatic heterocycles. The van der Waals surface area contributed by atoms with Gasteiger partial charge in [0.15, 0.2) is 0 Å². The molecule has 0 bridgehead atoms. The molecule has 0 aliphatic heterocycles. The molecular weight excluding hydrogens is 457 g/mol. The SMILES string of the molecule is CN[C@]1(COc2cncc(-c3cc(C(F)(F)F)cc(C(F)(F)F)c3)c2)C[C@@H]1C.Cl.Cl. The molecule has 1 aromatic carbocycles. The van der Waals surface area contributed by atoms with Crippen molar-refractivity contribution < 1.29 is 31.1 Å². The average molecular weight is 477 g/mol. The van der Waals surface area contributed by atoms with Crippen LogP contribution in [0, 0.1) is 5.92 Å². The Hall–Kier alpha value is -1.71. The highest BCUT2D eigenvalue weighted by Gasteiger charge is 2.50. The summed E-state index contributed by atoms with van der Waals surface area (Å²) in [6.45, 7) is 2.38. The lowest BCUT2D eigenvalue weighted by Gasteiger charge is -2.17. The molecule has 1 saturated carbocycles. The lowest BCUT2D eigenvalue weighted by Crippen LogP contribution is -2.36. The van der Waals surface area contributed by atoms with Crippen molar-refractivity contribution in [3.05, 3.63) is 47.8 Å². The van der Waals surface area contributed by atoms with Crippen LogP contribution in [0.15, 0.2) is 36.7 Å². The Bertz CT molecular complexity index is 839. The molecule has 0 radical (unpaired) electrons. The predicted molar refractivity (Wildman–Crippen MR) is 105 cm³/mol. The molecule has 11 heteroatoms. The summed E-state index contributed by atoms with van der Waals surface area (Å²) in [5, 5.41) is 3.17. The second kappa shape index (κ2) is 9.20. The van der Waals surface area contributed by atoms with Gasteiger partial charge in [-0.25, -0.2) is 0 Å². The zero-order valence-corrected chi connectivity index (χ0v) is 17.5. The second-order valence-electron chi connectivity index (χ2n) is 7.00. The van der Waals surface area contributed by atoms with Crippen molar-refractivity contribution in [3.63, 3.8) is 0 Å². The number of benzene rings is 1. The monoisotopic (exact) mass is 476 g/mol. The van der Waals surface area contributed by atoms with E-state index in [0.717, 1.165) is 6.42 Å². The van der Waals surface area contributed by atoms with Crippen LogP contribution in [0.3, 0.4) is 0 Å². The van der Waals surface area contributed by atoms with Crippen LogP contribution in [0.1, 0.15) is 24.5 Å². The van der Waals surface area contributed by atoms with Gasteiger partial charge in [0.2, 0.25) is 0 Å². The number of halogens is 8. The number of rotatable bonds is 5. The van der Waals surface area contributed by atoms with Gasteiger partial charge in [0.05, 0.1) is 22.9 Å². The highest BCUT2D eigenvalue weighted by molar-refractivity contribution is 5.85. The summed E-state index contributed by atoms with van der Waals surface area (Å²) in [5.74, 6) is 0.684. The van der Waals surface area contributed by atoms with E-state index in [0.29, 0.717) is 24.7 Å². The fourth-order valence-electron chi connectivity index (χ4n) is 3.10. The summed E-state index contributed by atoms with van der Waals surface area (Å²) < 4.78 is 84.0. The molecule has 3 nitrogen and oxygen atoms in total. The van der Waals surface area contributed by atoms with Gasteiger partial charge in [-0.05, 0) is 49.2 Å². The summed E-state index contributed by atoms with van der Waals surface area (Å²) in [5.41, 5.74) is -3.04. The van der Waals surface area contributed by atoms with Crippen LogP contribution in [-0.2, 0) is 12.4 Å². The van der Waals surface area contributed by atoms with E-state index >= 15 is 0 Å². The number of nitrogens with one attached hydrogen (secondary N) is 1. The number of hydrogen-bond acceptors (Lipinski definition) is 3. The maximum Gasteiger partial charge on any atom is 0.416 e. The normalized spacial score (nSPS) is 20.7. The summed E-state index contributed by atoms with van der Waals surface area (Å²) in [6, 6.07) is 2.84. The molecule has 1 N–H and O–H groups in total. The minimum absolute atomic E-state index is 0. The van der Waals surface area contributed by atoms with Crippen LogP contribution in [0.5, 0.6) is 5.75 Å². The molecule has 2 aromatic rings. The molecule has 0 amide bonds. The molecule has 1 heterocycles. The van der Waals surface area contributed by atoms with Crippen molar-refractivity contribution in [3.8, 4) is 16.9 Å². The van der Waals surface area contributed by atoms with Crippen LogP contribution >= 0.6 is 24.8 Å². The number of aromatic nitrogens is 1. The van der Waals surface area contributed by atoms with Crippen molar-refractivity contribution in [1.82, 2.24) is 10.3 Å². The molecule has 0 unspecified atom stereocenters. The van der Waals surface area contributed by atoms with Gasteiger partial charge >= 0.3 is 12.4 Å². The quantitative estimate of drug-likeness (QED) is 0.536. The van der Waals surface area contributed by atoms with Gasteiger partial charge in [0, 0.05) is 11.8 Å². The van der Waals surface area contributed by atoms with Crippen molar-refractivity contribution in [1.29, 1.82) is 0 Å². The molecular formula is C19H20Cl2F6N2O. The first-order valence-corrected chi connectivity index (χ1v) is 8.51. The third-order valence-electron chi connectivity index (χ3n) is 5.08. The Morgan fingerprint density at radius 1 is 0.967 bits per heavy atom. The van der Waals surface area contributed by atoms with Gasteiger partial charge in [-0.15, -0.1) is 24.8 Å². The van der Waals surface area contributed by atoms with Gasteiger partial charge in [0.25, 0.3) is 0 Å². The zero-order valence-electron chi connectivity index (χ0n) is 15.9. The Morgan fingerprint density at radius 2 is 1.50 bits per heavy atom. The first kappa shape index (κ1) is 26.3. The van der Waals surface area contributed by atoms with Gasteiger partial charge in [-0.1, -0.05) is 6.92 Å². The molecule has 168 valence electrons. The number of likely N-dealkylation sites (N-methyl/N-ethyl adjacent to an activating group) is 1. The maximum atomic E-state index is 13.1. The van der Waals surface area contributed by atoms with Crippen LogP contribution in [0.4, 0.5) is 26.3 Å². The van der Waals surface area contributed by atoms with E-state index in [-0.39, 0.29) is 53.3 Å². The molecule has 1 aliphatic carbocycles. The lowest BCUT2D eigenvalue weighted by molar-refractivity contribution is -0.143. The zero-order chi connectivity index (χ0) is 20.7. The van der Waals surface area contributed by atoms with Gasteiger partial charge < -0.3 is 10.1 Å². The summed E-state index contributed by atoms with van der Waals surface area (Å²) in [4.78, 5) is 3.90. The number of pyridine rings is 1. The Balaban J connectivity index is 0.00000225. The van der Waals surface area contributed by atoms with E-state index in [4.69, 9.17) is 4.74 Å². The van der Waals surface area contributed by atoms with Gasteiger partial charge in [-0.3, -0.25) is 4.98 Å². The van der Waals surface area contributed by atoms with Crippen molar-refractivity contribution >= 4 is 24.8 Å². The first-order chi connectivity index (χ1) is 12.9. The average Bonchev–Trinajstić information content (AvgIpc) is 3.29. The highest BCUT2D eigenvalue weighted by Crippen LogP contribution is 2.43. The Kier molecular flexibility index (Phi) is 8.07. The summed E-state index contributed by atoms with van der Waals surface area (Å²) in [6.07, 6.45) is -6.31. The molecule has 1 fully saturated rings. The second-order valence-corrected chi connectivity index (χ2v) is 7.00. The van der Waals surface area contributed by atoms with Crippen molar-refractivity contribution in [2.75, 3.05) is 13.7 Å². The fourth-order valence-corrected chi connectivity index (χ4v) is 3.10. The lowest BCUT2D eigenvalue weighted by atomic mass is 10.00. The molecule has 0 spiro atoms. The number of nitrogens with zero attached hydrogens (tertiary/aromatic N) is 1. The van der Waals surface area contributed by atoms with E-state index < -0.39 is 23.5 Å². The topological polar surface area (TPSA) is 34.1 Å². The maximum absolute atomic E-state index is 13.1. The third kappa shape index (κ3) is 5.70. The van der Waals surface area contributed by atoms with Gasteiger partial charge in [-0.2, -0.15) is 26.3 Å². The molecule has 2 atom stereocenters. The standard InChI is InChI=1S/C19H18F6N2O.2ClH/c1-11-7-17(11,26-2)10-28-16-5-13(8-27-9-16)12-3-14(18(20,21)22)6-15(4-12)19(23,24)25;;/h3-6,8-9,11,26H,7,10H2,1-2H3;2*1H/t11-,17-;;/m0../s1. The van der Waals surface area contributed by atoms with Crippen molar-refractivity contribution in [2.45, 2.75) is 31.2 Å². The van der Waals surface area contributed by atoms with E-state index in [1.165, 1.54) is 18.5 Å². The molecule has 3 rings (SSSR count). The number of hydrogen-bond donors (Lipinski definition) is 1. The van der Waals surface area contributed by atoms with Crippen LogP contribution in [0.25, 0.3) is 11.1 Å². The molecule has 0 saturated heterocycles. The van der Waals surface area contributed by atoms with Crippen LogP contribution < -0.4 is 10.1 Å². The van der Waals surface area contributed by atoms with E-state index in [9.17, 15) is 26.3 Å². The minimum Gasteiger partial charge on any atom is -0.490 e. The van der Waals surface area contributed by atoms with Gasteiger partial charge in [0.1, 0.15) is 12.4 Å². The summed E-state index contributed by atoms with van der Waals surface area (Å²) >= 11 is 0. The fraction of sp³-hybridized carbons (Fsp3) is 0.421. The number of ether oxygens (including phenoxy) is 1. The Labute approximate surface area is 182 Å². The van der Waals surface area contributed by atoms with Crippen molar-refractivity contribution in [2.24, 2.45) is 5.92 Å². The highest BCUT2D eigenvalue weighted by atomic mass is 35.5. The van der Waals surface area contributed by atoms with E-state index in [1.807, 2.05) is 7.05 Å². The predicted octanol–water partition coefficient (Wildman–Crippen LogP) is 6.01. The first-order valence-electron chi connectivity index (χ1n) is 8.51. The van der Waals surface area contributed by atoms with Crippen LogP contribution in [0.2, 0.25) is 0 Å². The number of alkyl halides is 6. The summed E-state index contributed by atoms with van der Waals surface area (Å²) in [7, 11) is 1.81. The van der Waals surface area contributed by atoms with E-state index in [2.05, 4.69) is 17.2 Å².